The molecule has 0 aromatic rings. The number of hydrogen-bond acceptors (Lipinski definition) is 3. The van der Waals surface area contributed by atoms with Gasteiger partial charge in [0.2, 0.25) is 0 Å². The number of carbonyl (C=O) groups excluding carboxylic acids is 1. The molecule has 1 saturated carbocycles. The fraction of sp³-hybridized carbons (Fsp3) is 0.938. The highest BCUT2D eigenvalue weighted by Crippen LogP contribution is 2.24. The number of likely N-dealkylation sites (N-methyl/N-ethyl adjacent to an activating group) is 1. The molecule has 4 atom stereocenters. The van der Waals surface area contributed by atoms with Crippen molar-refractivity contribution in [1.82, 2.24) is 15.1 Å². The summed E-state index contributed by atoms with van der Waals surface area (Å²) in [4.78, 5) is 16.7. The molecule has 6 heteroatoms. The van der Waals surface area contributed by atoms with E-state index < -0.39 is 10.8 Å². The van der Waals surface area contributed by atoms with Crippen molar-refractivity contribution < 1.29 is 9.00 Å². The Morgan fingerprint density at radius 2 is 1.95 bits per heavy atom. The number of likely N-dealkylation sites (tertiary alicyclic amines) is 1. The van der Waals surface area contributed by atoms with E-state index in [1.165, 1.54) is 0 Å². The van der Waals surface area contributed by atoms with E-state index >= 15 is 0 Å². The highest BCUT2D eigenvalue weighted by Gasteiger charge is 2.32. The van der Waals surface area contributed by atoms with Crippen LogP contribution in [0.25, 0.3) is 0 Å². The van der Waals surface area contributed by atoms with Crippen molar-refractivity contribution in [1.29, 1.82) is 0 Å². The van der Waals surface area contributed by atoms with Gasteiger partial charge in [0.1, 0.15) is 0 Å². The number of piperidine rings is 1. The van der Waals surface area contributed by atoms with Gasteiger partial charge in [0, 0.05) is 41.7 Å². The Kier molecular flexibility index (Phi) is 6.68. The molecule has 128 valence electrons. The molecule has 0 unspecified atom stereocenters. The molecule has 2 fully saturated rings. The van der Waals surface area contributed by atoms with Crippen LogP contribution in [0.1, 0.15) is 45.4 Å². The summed E-state index contributed by atoms with van der Waals surface area (Å²) in [5, 5.41) is 3.33. The number of nitrogens with one attached hydrogen (secondary N) is 1. The van der Waals surface area contributed by atoms with Crippen molar-refractivity contribution in [3.63, 3.8) is 0 Å². The minimum atomic E-state index is -0.821. The largest absolute Gasteiger partial charge is 0.334 e. The lowest BCUT2D eigenvalue weighted by atomic mass is 9.95. The Labute approximate surface area is 137 Å². The van der Waals surface area contributed by atoms with Crippen molar-refractivity contribution in [3.05, 3.63) is 0 Å². The lowest BCUT2D eigenvalue weighted by Crippen LogP contribution is -2.55. The third-order valence-corrected chi connectivity index (χ3v) is 6.86. The first-order chi connectivity index (χ1) is 10.5. The highest BCUT2D eigenvalue weighted by atomic mass is 32.2. The van der Waals surface area contributed by atoms with Crippen LogP contribution in [0, 0.1) is 0 Å². The maximum atomic E-state index is 12.6. The molecule has 1 saturated heterocycles. The minimum Gasteiger partial charge on any atom is -0.334 e. The van der Waals surface area contributed by atoms with Gasteiger partial charge in [0.05, 0.1) is 5.25 Å². The summed E-state index contributed by atoms with van der Waals surface area (Å²) < 4.78 is 12.2. The molecule has 0 aromatic heterocycles. The number of amides is 2. The van der Waals surface area contributed by atoms with Crippen LogP contribution >= 0.6 is 0 Å². The monoisotopic (exact) mass is 329 g/mol. The van der Waals surface area contributed by atoms with Gasteiger partial charge in [-0.2, -0.15) is 0 Å². The fourth-order valence-corrected chi connectivity index (χ4v) is 5.03. The minimum absolute atomic E-state index is 0.0385. The summed E-state index contributed by atoms with van der Waals surface area (Å²) in [6.07, 6.45) is 6.42. The van der Waals surface area contributed by atoms with E-state index in [-0.39, 0.29) is 17.3 Å². The average Bonchev–Trinajstić information content (AvgIpc) is 2.54. The zero-order chi connectivity index (χ0) is 16.1. The van der Waals surface area contributed by atoms with E-state index in [2.05, 4.69) is 24.3 Å². The second kappa shape index (κ2) is 8.29. The van der Waals surface area contributed by atoms with Crippen molar-refractivity contribution in [2.75, 3.05) is 32.9 Å². The second-order valence-electron chi connectivity index (χ2n) is 6.75. The maximum Gasteiger partial charge on any atom is 0.317 e. The highest BCUT2D eigenvalue weighted by molar-refractivity contribution is 7.85. The fourth-order valence-electron chi connectivity index (χ4n) is 3.60. The first-order valence-corrected chi connectivity index (χ1v) is 10.00. The van der Waals surface area contributed by atoms with E-state index in [9.17, 15) is 9.00 Å². The van der Waals surface area contributed by atoms with E-state index in [4.69, 9.17) is 0 Å². The Hall–Kier alpha value is -0.620. The van der Waals surface area contributed by atoms with Crippen LogP contribution in [-0.4, -0.2) is 70.3 Å². The molecule has 22 heavy (non-hydrogen) atoms. The van der Waals surface area contributed by atoms with Crippen LogP contribution in [0.5, 0.6) is 0 Å². The van der Waals surface area contributed by atoms with Crippen molar-refractivity contribution in [3.8, 4) is 0 Å². The normalized spacial score (nSPS) is 31.1. The molecule has 1 N–H and O–H groups in total. The average molecular weight is 330 g/mol. The quantitative estimate of drug-likeness (QED) is 0.856. The van der Waals surface area contributed by atoms with Crippen molar-refractivity contribution in [2.45, 2.75) is 62.8 Å². The molecular formula is C16H31N3O2S. The van der Waals surface area contributed by atoms with Gasteiger partial charge in [0.15, 0.2) is 0 Å². The van der Waals surface area contributed by atoms with E-state index in [0.717, 1.165) is 51.6 Å². The van der Waals surface area contributed by atoms with Crippen LogP contribution in [0.3, 0.4) is 0 Å². The first kappa shape index (κ1) is 17.7. The molecule has 2 rings (SSSR count). The molecule has 1 aliphatic carbocycles. The summed E-state index contributed by atoms with van der Waals surface area (Å²) >= 11 is 0. The summed E-state index contributed by atoms with van der Waals surface area (Å²) in [7, 11) is 3.33. The molecule has 2 aliphatic rings. The zero-order valence-corrected chi connectivity index (χ0v) is 15.0. The lowest BCUT2D eigenvalue weighted by molar-refractivity contribution is 0.136. The molecular weight excluding hydrogens is 298 g/mol. The summed E-state index contributed by atoms with van der Waals surface area (Å²) in [5.74, 6) is 0.684. The molecule has 0 radical (unpaired) electrons. The second-order valence-corrected chi connectivity index (χ2v) is 8.70. The Morgan fingerprint density at radius 1 is 1.23 bits per heavy atom. The Morgan fingerprint density at radius 3 is 2.64 bits per heavy atom. The molecule has 1 heterocycles. The number of nitrogens with zero attached hydrogens (tertiary/aromatic N) is 2. The van der Waals surface area contributed by atoms with Crippen LogP contribution < -0.4 is 5.32 Å². The van der Waals surface area contributed by atoms with Gasteiger partial charge in [-0.25, -0.2) is 4.79 Å². The van der Waals surface area contributed by atoms with Crippen molar-refractivity contribution >= 4 is 16.8 Å². The number of rotatable bonds is 4. The van der Waals surface area contributed by atoms with Gasteiger partial charge >= 0.3 is 6.03 Å². The number of hydrogen-bond donors (Lipinski definition) is 1. The smallest absolute Gasteiger partial charge is 0.317 e. The summed E-state index contributed by atoms with van der Waals surface area (Å²) in [6.45, 7) is 3.60. The van der Waals surface area contributed by atoms with Gasteiger partial charge in [-0.1, -0.05) is 19.8 Å². The number of urea groups is 1. The van der Waals surface area contributed by atoms with Crippen LogP contribution in [0.2, 0.25) is 0 Å². The third kappa shape index (κ3) is 4.44. The molecule has 0 spiro atoms. The van der Waals surface area contributed by atoms with E-state index in [1.807, 2.05) is 11.8 Å². The summed E-state index contributed by atoms with van der Waals surface area (Å²) in [5.41, 5.74) is 0. The van der Waals surface area contributed by atoms with Gasteiger partial charge in [-0.15, -0.1) is 0 Å². The molecule has 0 aromatic carbocycles. The molecule has 5 nitrogen and oxygen atoms in total. The van der Waals surface area contributed by atoms with Crippen LogP contribution in [-0.2, 0) is 10.8 Å². The summed E-state index contributed by atoms with van der Waals surface area (Å²) in [6, 6.07) is 0.574. The maximum absolute atomic E-state index is 12.6. The third-order valence-electron chi connectivity index (χ3n) is 5.05. The zero-order valence-electron chi connectivity index (χ0n) is 14.2. The van der Waals surface area contributed by atoms with Gasteiger partial charge in [-0.05, 0) is 39.8 Å². The lowest BCUT2D eigenvalue weighted by Gasteiger charge is -2.38. The Balaban J connectivity index is 1.93. The van der Waals surface area contributed by atoms with Gasteiger partial charge in [0.25, 0.3) is 0 Å². The van der Waals surface area contributed by atoms with Crippen LogP contribution in [0.4, 0.5) is 4.79 Å². The Bertz CT molecular complexity index is 403. The topological polar surface area (TPSA) is 52.7 Å². The van der Waals surface area contributed by atoms with Crippen LogP contribution in [0.15, 0.2) is 0 Å². The predicted octanol–water partition coefficient (Wildman–Crippen LogP) is 1.80. The molecule has 0 bridgehead atoms. The number of carbonyl (C=O) groups is 1. The van der Waals surface area contributed by atoms with Gasteiger partial charge < -0.3 is 15.1 Å². The first-order valence-electron chi connectivity index (χ1n) is 8.62. The van der Waals surface area contributed by atoms with Gasteiger partial charge in [-0.3, -0.25) is 4.21 Å². The predicted molar refractivity (Wildman–Crippen MR) is 91.5 cm³/mol. The standard InChI is InChI=1S/C16H31N3O2S/c1-4-22(21)15-10-6-5-9-14(15)17-16(20)19-11-7-8-13(12-19)18(2)3/h13-15H,4-12H2,1-3H3,(H,17,20)/t13-,14+,15+,22-/m0/s1. The van der Waals surface area contributed by atoms with E-state index in [1.54, 1.807) is 0 Å². The SMILES string of the molecule is CC[S@](=O)[C@@H]1CCCC[C@H]1NC(=O)N1CCC[C@H](N(C)C)C1. The van der Waals surface area contributed by atoms with E-state index in [0.29, 0.717) is 11.8 Å². The molecule has 1 aliphatic heterocycles. The molecule has 2 amide bonds. The van der Waals surface area contributed by atoms with Crippen molar-refractivity contribution in [2.24, 2.45) is 0 Å².